The molecule has 0 atom stereocenters. The number of non-ortho nitro benzene ring substituents is 1. The van der Waals surface area contributed by atoms with E-state index in [0.717, 1.165) is 0 Å². The van der Waals surface area contributed by atoms with E-state index in [1.54, 1.807) is 30.3 Å². The Balaban J connectivity index is 1.48. The molecule has 2 heterocycles. The summed E-state index contributed by atoms with van der Waals surface area (Å²) in [5, 5.41) is 14.2. The van der Waals surface area contributed by atoms with Crippen molar-refractivity contribution in [3.8, 4) is 17.2 Å². The third-order valence-corrected chi connectivity index (χ3v) is 3.92. The molecular weight excluding hydrogens is 354 g/mol. The Labute approximate surface area is 152 Å². The zero-order valence-corrected chi connectivity index (χ0v) is 13.9. The van der Waals surface area contributed by atoms with E-state index in [4.69, 9.17) is 14.2 Å². The highest BCUT2D eigenvalue weighted by molar-refractivity contribution is 5.94. The SMILES string of the molecule is O=C(COc1ccc([N+](=O)[O-])c2cccnc12)Nc1ccc2c(c1)OCO2. The molecule has 9 heteroatoms. The van der Waals surface area contributed by atoms with E-state index < -0.39 is 10.8 Å². The van der Waals surface area contributed by atoms with Crippen molar-refractivity contribution in [2.45, 2.75) is 0 Å². The quantitative estimate of drug-likeness (QED) is 0.545. The maximum Gasteiger partial charge on any atom is 0.279 e. The summed E-state index contributed by atoms with van der Waals surface area (Å²) < 4.78 is 16.0. The number of nitro groups is 1. The number of amides is 1. The summed E-state index contributed by atoms with van der Waals surface area (Å²) in [7, 11) is 0. The van der Waals surface area contributed by atoms with E-state index in [9.17, 15) is 14.9 Å². The Bertz CT molecular complexity index is 1050. The molecule has 0 aliphatic carbocycles. The van der Waals surface area contributed by atoms with Crippen LogP contribution < -0.4 is 19.5 Å². The summed E-state index contributed by atoms with van der Waals surface area (Å²) in [6.07, 6.45) is 1.51. The molecule has 9 nitrogen and oxygen atoms in total. The lowest BCUT2D eigenvalue weighted by Crippen LogP contribution is -2.20. The number of carbonyl (C=O) groups excluding carboxylic acids is 1. The monoisotopic (exact) mass is 367 g/mol. The second-order valence-corrected chi connectivity index (χ2v) is 5.64. The van der Waals surface area contributed by atoms with Crippen molar-refractivity contribution in [1.29, 1.82) is 0 Å². The third-order valence-electron chi connectivity index (χ3n) is 3.92. The minimum Gasteiger partial charge on any atom is -0.481 e. The number of hydrogen-bond donors (Lipinski definition) is 1. The van der Waals surface area contributed by atoms with Crippen LogP contribution in [0.4, 0.5) is 11.4 Å². The molecule has 1 aromatic heterocycles. The van der Waals surface area contributed by atoms with Crippen molar-refractivity contribution >= 4 is 28.2 Å². The molecule has 136 valence electrons. The summed E-state index contributed by atoms with van der Waals surface area (Å²) in [5.74, 6) is 1.07. The van der Waals surface area contributed by atoms with E-state index in [2.05, 4.69) is 10.3 Å². The number of aromatic nitrogens is 1. The van der Waals surface area contributed by atoms with Gasteiger partial charge in [0.25, 0.3) is 11.6 Å². The summed E-state index contributed by atoms with van der Waals surface area (Å²) in [6.45, 7) is -0.131. The van der Waals surface area contributed by atoms with Gasteiger partial charge in [0.05, 0.1) is 10.3 Å². The van der Waals surface area contributed by atoms with Crippen LogP contribution in [0.25, 0.3) is 10.9 Å². The third kappa shape index (κ3) is 3.30. The van der Waals surface area contributed by atoms with Crippen molar-refractivity contribution in [2.75, 3.05) is 18.7 Å². The van der Waals surface area contributed by atoms with Crippen molar-refractivity contribution in [3.63, 3.8) is 0 Å². The van der Waals surface area contributed by atoms with Gasteiger partial charge in [0.1, 0.15) is 11.3 Å². The van der Waals surface area contributed by atoms with Gasteiger partial charge < -0.3 is 19.5 Å². The topological polar surface area (TPSA) is 113 Å². The molecule has 0 saturated carbocycles. The molecule has 0 unspecified atom stereocenters. The van der Waals surface area contributed by atoms with Crippen molar-refractivity contribution in [2.24, 2.45) is 0 Å². The van der Waals surface area contributed by atoms with Crippen LogP contribution in [0, 0.1) is 10.1 Å². The van der Waals surface area contributed by atoms with Gasteiger partial charge in [-0.05, 0) is 30.3 Å². The van der Waals surface area contributed by atoms with Crippen molar-refractivity contribution in [1.82, 2.24) is 4.98 Å². The minimum absolute atomic E-state index is 0.0738. The van der Waals surface area contributed by atoms with Crippen LogP contribution in [0.3, 0.4) is 0 Å². The molecule has 0 saturated heterocycles. The number of rotatable bonds is 5. The maximum absolute atomic E-state index is 12.2. The zero-order chi connectivity index (χ0) is 18.8. The molecule has 0 bridgehead atoms. The molecule has 1 aliphatic rings. The largest absolute Gasteiger partial charge is 0.481 e. The lowest BCUT2D eigenvalue weighted by molar-refractivity contribution is -0.383. The first-order chi connectivity index (χ1) is 13.1. The molecule has 0 spiro atoms. The summed E-state index contributed by atoms with van der Waals surface area (Å²) in [6, 6.07) is 11.0. The van der Waals surface area contributed by atoms with E-state index >= 15 is 0 Å². The van der Waals surface area contributed by atoms with Crippen LogP contribution >= 0.6 is 0 Å². The van der Waals surface area contributed by atoms with Crippen LogP contribution in [0.15, 0.2) is 48.7 Å². The van der Waals surface area contributed by atoms with Gasteiger partial charge in [-0.2, -0.15) is 0 Å². The fraction of sp³-hybridized carbons (Fsp3) is 0.111. The normalized spacial score (nSPS) is 12.0. The number of pyridine rings is 1. The second-order valence-electron chi connectivity index (χ2n) is 5.64. The maximum atomic E-state index is 12.2. The summed E-state index contributed by atoms with van der Waals surface area (Å²) in [5.41, 5.74) is 0.789. The molecule has 2 aromatic carbocycles. The fourth-order valence-electron chi connectivity index (χ4n) is 2.72. The summed E-state index contributed by atoms with van der Waals surface area (Å²) >= 11 is 0. The molecule has 0 radical (unpaired) electrons. The number of benzene rings is 2. The van der Waals surface area contributed by atoms with Gasteiger partial charge in [-0.1, -0.05) is 0 Å². The average molecular weight is 367 g/mol. The smallest absolute Gasteiger partial charge is 0.279 e. The number of nitro benzene ring substituents is 1. The van der Waals surface area contributed by atoms with E-state index in [1.165, 1.54) is 18.3 Å². The first-order valence-corrected chi connectivity index (χ1v) is 7.96. The fourth-order valence-corrected chi connectivity index (χ4v) is 2.72. The first-order valence-electron chi connectivity index (χ1n) is 7.96. The second kappa shape index (κ2) is 6.79. The Morgan fingerprint density at radius 2 is 2.07 bits per heavy atom. The van der Waals surface area contributed by atoms with E-state index in [1.807, 2.05) is 0 Å². The van der Waals surface area contributed by atoms with Crippen LogP contribution in [0.5, 0.6) is 17.2 Å². The van der Waals surface area contributed by atoms with Gasteiger partial charge in [-0.15, -0.1) is 0 Å². The van der Waals surface area contributed by atoms with Crippen LogP contribution in [0.1, 0.15) is 0 Å². The average Bonchev–Trinajstić information content (AvgIpc) is 3.13. The van der Waals surface area contributed by atoms with Crippen molar-refractivity contribution in [3.05, 3.63) is 58.8 Å². The number of anilines is 1. The Hall–Kier alpha value is -3.88. The van der Waals surface area contributed by atoms with Crippen molar-refractivity contribution < 1.29 is 23.9 Å². The highest BCUT2D eigenvalue weighted by Crippen LogP contribution is 2.34. The number of nitrogens with one attached hydrogen (secondary N) is 1. The molecular formula is C18H13N3O6. The van der Waals surface area contributed by atoms with Gasteiger partial charge in [0.15, 0.2) is 18.1 Å². The van der Waals surface area contributed by atoms with Crippen LogP contribution in [-0.4, -0.2) is 29.2 Å². The summed E-state index contributed by atoms with van der Waals surface area (Å²) in [4.78, 5) is 26.9. The van der Waals surface area contributed by atoms with Crippen LogP contribution in [-0.2, 0) is 4.79 Å². The number of carbonyl (C=O) groups is 1. The van der Waals surface area contributed by atoms with E-state index in [0.29, 0.717) is 28.1 Å². The molecule has 1 amide bonds. The molecule has 1 aliphatic heterocycles. The lowest BCUT2D eigenvalue weighted by Gasteiger charge is -2.10. The zero-order valence-electron chi connectivity index (χ0n) is 13.9. The predicted molar refractivity (Wildman–Crippen MR) is 95.1 cm³/mol. The lowest BCUT2D eigenvalue weighted by atomic mass is 10.1. The highest BCUT2D eigenvalue weighted by Gasteiger charge is 2.17. The van der Waals surface area contributed by atoms with Gasteiger partial charge in [-0.3, -0.25) is 19.9 Å². The molecule has 4 rings (SSSR count). The number of fused-ring (bicyclic) bond motifs is 2. The predicted octanol–water partition coefficient (Wildman–Crippen LogP) is 2.89. The van der Waals surface area contributed by atoms with Crippen LogP contribution in [0.2, 0.25) is 0 Å². The highest BCUT2D eigenvalue weighted by atomic mass is 16.7. The molecule has 0 fully saturated rings. The standard InChI is InChI=1S/C18H13N3O6/c22-17(20-11-3-5-14-16(8-11)27-10-26-14)9-25-15-6-4-13(21(23)24)12-2-1-7-19-18(12)15/h1-8H,9-10H2,(H,20,22). The number of hydrogen-bond acceptors (Lipinski definition) is 7. The number of ether oxygens (including phenoxy) is 3. The Kier molecular flexibility index (Phi) is 4.17. The van der Waals surface area contributed by atoms with Gasteiger partial charge >= 0.3 is 0 Å². The minimum atomic E-state index is -0.486. The van der Waals surface area contributed by atoms with E-state index in [-0.39, 0.29) is 24.8 Å². The van der Waals surface area contributed by atoms with Gasteiger partial charge in [-0.25, -0.2) is 0 Å². The Morgan fingerprint density at radius 3 is 2.93 bits per heavy atom. The molecule has 27 heavy (non-hydrogen) atoms. The van der Waals surface area contributed by atoms with Gasteiger partial charge in [0, 0.05) is 24.0 Å². The molecule has 1 N–H and O–H groups in total. The first kappa shape index (κ1) is 16.6. The Morgan fingerprint density at radius 1 is 1.22 bits per heavy atom. The number of nitrogens with zero attached hydrogens (tertiary/aromatic N) is 2. The van der Waals surface area contributed by atoms with Gasteiger partial charge in [0.2, 0.25) is 6.79 Å². The molecule has 3 aromatic rings.